The molecule has 0 aliphatic heterocycles. The van der Waals surface area contributed by atoms with Crippen LogP contribution in [0.1, 0.15) is 55.9 Å². The Bertz CT molecular complexity index is 867. The molecule has 0 amide bonds. The predicted octanol–water partition coefficient (Wildman–Crippen LogP) is 3.77. The SMILES string of the molecule is C.C.C.C.CCCNCCN[Si](C)(O)O[Si](C)(CCCOCCOCCOCCOCCOCCOCCOCCOCCO)O[Si](C)(C)OC.C[Si](C)(O)CCCNCCN. The van der Waals surface area contributed by atoms with E-state index < -0.39 is 34.2 Å². The van der Waals surface area contributed by atoms with Crippen LogP contribution >= 0.6 is 0 Å². The van der Waals surface area contributed by atoms with E-state index in [0.29, 0.717) is 125 Å². The topological polar surface area (TPSA) is 224 Å². The van der Waals surface area contributed by atoms with Crippen LogP contribution in [0.3, 0.4) is 0 Å². The molecule has 0 fully saturated rings. The molecule has 62 heavy (non-hydrogen) atoms. The summed E-state index contributed by atoms with van der Waals surface area (Å²) >= 11 is 0. The molecule has 0 saturated carbocycles. The third-order valence-electron chi connectivity index (χ3n) is 7.77. The summed E-state index contributed by atoms with van der Waals surface area (Å²) in [6.07, 6.45) is 2.89. The minimum absolute atomic E-state index is 0. The first-order valence-corrected chi connectivity index (χ1v) is 32.0. The van der Waals surface area contributed by atoms with Crippen molar-refractivity contribution < 1.29 is 65.2 Å². The molecule has 0 spiro atoms. The second kappa shape index (κ2) is 50.6. The molecule has 0 rings (SSSR count). The maximum atomic E-state index is 11.0. The first kappa shape index (κ1) is 73.7. The monoisotopic (exact) mass is 977 g/mol. The fraction of sp³-hybridized carbons (Fsp3) is 1.00. The summed E-state index contributed by atoms with van der Waals surface area (Å²) in [7, 11) is -8.36. The number of hydrogen-bond donors (Lipinski definition) is 7. The number of nitrogens with one attached hydrogen (secondary N) is 3. The lowest BCUT2D eigenvalue weighted by Gasteiger charge is -2.38. The molecule has 384 valence electrons. The normalized spacial score (nSPS) is 13.4. The van der Waals surface area contributed by atoms with Crippen molar-refractivity contribution in [2.24, 2.45) is 5.73 Å². The average molecular weight is 978 g/mol. The van der Waals surface area contributed by atoms with E-state index in [4.69, 9.17) is 61.4 Å². The highest BCUT2D eigenvalue weighted by Gasteiger charge is 2.45. The van der Waals surface area contributed by atoms with Gasteiger partial charge < -0.3 is 81.6 Å². The molecule has 0 aliphatic carbocycles. The Balaban J connectivity index is -0.000000457. The van der Waals surface area contributed by atoms with Crippen LogP contribution in [0.2, 0.25) is 51.4 Å². The van der Waals surface area contributed by atoms with Gasteiger partial charge in [0.05, 0.1) is 106 Å². The van der Waals surface area contributed by atoms with Crippen molar-refractivity contribution in [2.75, 3.05) is 159 Å². The number of nitrogens with two attached hydrogens (primary N) is 1. The second-order valence-electron chi connectivity index (χ2n) is 14.8. The summed E-state index contributed by atoms with van der Waals surface area (Å²) in [6.45, 7) is 26.5. The molecular formula is C40H104N4O14Si4. The maximum Gasteiger partial charge on any atom is 0.410 e. The lowest BCUT2D eigenvalue weighted by Crippen LogP contribution is -2.62. The van der Waals surface area contributed by atoms with Gasteiger partial charge in [0.15, 0.2) is 8.32 Å². The number of ether oxygens (including phenoxy) is 8. The van der Waals surface area contributed by atoms with E-state index >= 15 is 0 Å². The van der Waals surface area contributed by atoms with Gasteiger partial charge in [-0.2, -0.15) is 0 Å². The van der Waals surface area contributed by atoms with E-state index in [9.17, 15) is 9.59 Å². The molecule has 0 bridgehead atoms. The molecule has 0 aromatic heterocycles. The molecule has 2 atom stereocenters. The van der Waals surface area contributed by atoms with Crippen molar-refractivity contribution in [3.8, 4) is 0 Å². The largest absolute Gasteiger partial charge is 0.432 e. The number of rotatable bonds is 44. The predicted molar refractivity (Wildman–Crippen MR) is 264 cm³/mol. The zero-order valence-corrected chi connectivity index (χ0v) is 41.7. The summed E-state index contributed by atoms with van der Waals surface area (Å²) in [6, 6.07) is 1.66. The van der Waals surface area contributed by atoms with Crippen molar-refractivity contribution >= 4 is 34.2 Å². The first-order valence-electron chi connectivity index (χ1n) is 21.2. The van der Waals surface area contributed by atoms with Gasteiger partial charge in [0.1, 0.15) is 0 Å². The number of aliphatic hydroxyl groups excluding tert-OH is 1. The van der Waals surface area contributed by atoms with Gasteiger partial charge in [0.25, 0.3) is 0 Å². The highest BCUT2D eigenvalue weighted by molar-refractivity contribution is 6.84. The lowest BCUT2D eigenvalue weighted by atomic mass is 10.5. The molecule has 0 heterocycles. The van der Waals surface area contributed by atoms with Gasteiger partial charge >= 0.3 is 25.8 Å². The summed E-state index contributed by atoms with van der Waals surface area (Å²) in [5, 5.41) is 15.1. The van der Waals surface area contributed by atoms with Crippen molar-refractivity contribution in [3.63, 3.8) is 0 Å². The van der Waals surface area contributed by atoms with Crippen LogP contribution in [-0.2, 0) is 50.6 Å². The number of aliphatic hydroxyl groups is 1. The maximum absolute atomic E-state index is 11.0. The molecule has 0 aliphatic rings. The van der Waals surface area contributed by atoms with Crippen LogP contribution in [-0.4, -0.2) is 208 Å². The molecule has 2 unspecified atom stereocenters. The van der Waals surface area contributed by atoms with Gasteiger partial charge in [-0.1, -0.05) is 36.6 Å². The van der Waals surface area contributed by atoms with E-state index in [2.05, 4.69) is 22.5 Å². The van der Waals surface area contributed by atoms with Crippen molar-refractivity contribution in [1.29, 1.82) is 0 Å². The summed E-state index contributed by atoms with van der Waals surface area (Å²) in [4.78, 5) is 23.7. The highest BCUT2D eigenvalue weighted by Crippen LogP contribution is 2.24. The van der Waals surface area contributed by atoms with Crippen molar-refractivity contribution in [1.82, 2.24) is 15.6 Å². The van der Waals surface area contributed by atoms with Crippen LogP contribution in [0.15, 0.2) is 0 Å². The van der Waals surface area contributed by atoms with Gasteiger partial charge in [-0.05, 0) is 83.7 Å². The minimum Gasteiger partial charge on any atom is -0.432 e. The standard InChI is InChI=1S/C29H68N2O13Si3.C7H20N2OSi.4CH4/c1-7-9-30-10-11-31-47(6,33)44-46(5,43-45(3,4)34-2)29-8-13-35-15-17-37-19-21-39-23-25-41-27-28-42-26-24-40-22-20-38-18-16-36-14-12-32;1-11(2,10)7-3-5-9-6-4-8;;;;/h30-33H,7-29H2,1-6H3;9-10H,3-8H2,1-2H3;4*1H4. The van der Waals surface area contributed by atoms with Gasteiger partial charge in [0.2, 0.25) is 0 Å². The van der Waals surface area contributed by atoms with Crippen LogP contribution in [0.25, 0.3) is 0 Å². The molecule has 0 radical (unpaired) electrons. The molecule has 0 aromatic rings. The van der Waals surface area contributed by atoms with E-state index in [-0.39, 0.29) is 36.3 Å². The Kier molecular flexibility index (Phi) is 60.1. The van der Waals surface area contributed by atoms with Crippen LogP contribution < -0.4 is 21.3 Å². The first-order chi connectivity index (χ1) is 27.7. The molecule has 0 aromatic carbocycles. The van der Waals surface area contributed by atoms with Gasteiger partial charge in [-0.3, -0.25) is 4.98 Å². The molecule has 0 saturated heterocycles. The molecule has 8 N–H and O–H groups in total. The Labute approximate surface area is 385 Å². The van der Waals surface area contributed by atoms with Crippen molar-refractivity contribution in [2.45, 2.75) is 107 Å². The average Bonchev–Trinajstić information content (AvgIpc) is 3.15. The van der Waals surface area contributed by atoms with E-state index in [1.165, 1.54) is 0 Å². The third-order valence-corrected chi connectivity index (χ3v) is 19.5. The van der Waals surface area contributed by atoms with Crippen molar-refractivity contribution in [3.05, 3.63) is 0 Å². The third kappa shape index (κ3) is 58.2. The zero-order chi connectivity index (χ0) is 43.7. The second-order valence-corrected chi connectivity index (χ2v) is 28.8. The Morgan fingerprint density at radius 3 is 1.26 bits per heavy atom. The zero-order valence-electron chi connectivity index (χ0n) is 37.7. The lowest BCUT2D eigenvalue weighted by molar-refractivity contribution is -0.0238. The van der Waals surface area contributed by atoms with Gasteiger partial charge in [-0.15, -0.1) is 0 Å². The van der Waals surface area contributed by atoms with E-state index in [0.717, 1.165) is 51.5 Å². The molecular weight excluding hydrogens is 873 g/mol. The molecule has 18 nitrogen and oxygen atoms in total. The summed E-state index contributed by atoms with van der Waals surface area (Å²) < 4.78 is 62.1. The summed E-state index contributed by atoms with van der Waals surface area (Å²) in [5.41, 5.74) is 5.29. The van der Waals surface area contributed by atoms with Crippen LogP contribution in [0.5, 0.6) is 0 Å². The minimum atomic E-state index is -3.12. The quantitative estimate of drug-likeness (QED) is 0.0341. The van der Waals surface area contributed by atoms with Gasteiger partial charge in [-0.25, -0.2) is 0 Å². The van der Waals surface area contributed by atoms with Crippen LogP contribution in [0.4, 0.5) is 0 Å². The molecule has 22 heteroatoms. The Morgan fingerprint density at radius 2 is 0.887 bits per heavy atom. The summed E-state index contributed by atoms with van der Waals surface area (Å²) in [5.74, 6) is 0. The fourth-order valence-corrected chi connectivity index (χ4v) is 16.8. The van der Waals surface area contributed by atoms with Gasteiger partial charge in [0, 0.05) is 39.9 Å². The van der Waals surface area contributed by atoms with E-state index in [1.54, 1.807) is 13.7 Å². The number of hydrogen-bond acceptors (Lipinski definition) is 18. The highest BCUT2D eigenvalue weighted by atomic mass is 28.5. The van der Waals surface area contributed by atoms with Crippen LogP contribution in [0, 0.1) is 0 Å². The fourth-order valence-electron chi connectivity index (χ4n) is 4.90. The Hall–Kier alpha value is 0.148. The smallest absolute Gasteiger partial charge is 0.410 e. The Morgan fingerprint density at radius 1 is 0.484 bits per heavy atom. The van der Waals surface area contributed by atoms with E-state index in [1.807, 2.05) is 32.7 Å².